The molecule has 1 aromatic carbocycles. The van der Waals surface area contributed by atoms with Crippen LogP contribution in [0.4, 0.5) is 0 Å². The molecule has 0 aliphatic carbocycles. The van der Waals surface area contributed by atoms with E-state index in [9.17, 15) is 4.79 Å². The number of halogens is 1. The molecule has 0 unspecified atom stereocenters. The van der Waals surface area contributed by atoms with Gasteiger partial charge in [-0.1, -0.05) is 28.8 Å². The molecule has 2 aromatic heterocycles. The number of likely N-dealkylation sites (tertiary alicyclic amines) is 1. The molecule has 0 saturated carbocycles. The lowest BCUT2D eigenvalue weighted by Gasteiger charge is -2.19. The van der Waals surface area contributed by atoms with Gasteiger partial charge in [-0.15, -0.1) is 11.3 Å². The van der Waals surface area contributed by atoms with Gasteiger partial charge in [0.1, 0.15) is 4.83 Å². The van der Waals surface area contributed by atoms with Crippen molar-refractivity contribution >= 4 is 43.4 Å². The summed E-state index contributed by atoms with van der Waals surface area (Å²) in [6.07, 6.45) is 4.69. The van der Waals surface area contributed by atoms with E-state index in [0.717, 1.165) is 56.9 Å². The van der Waals surface area contributed by atoms with E-state index >= 15 is 0 Å². The molecular formula is C19H20BrN3OS. The number of amides is 1. The predicted molar refractivity (Wildman–Crippen MR) is 106 cm³/mol. The van der Waals surface area contributed by atoms with Crippen molar-refractivity contribution in [1.82, 2.24) is 14.7 Å². The molecule has 4 nitrogen and oxygen atoms in total. The molecule has 0 atom stereocenters. The van der Waals surface area contributed by atoms with Crippen LogP contribution in [0, 0.1) is 6.92 Å². The molecule has 0 spiro atoms. The zero-order chi connectivity index (χ0) is 17.4. The van der Waals surface area contributed by atoms with Gasteiger partial charge in [0, 0.05) is 22.9 Å². The van der Waals surface area contributed by atoms with Crippen LogP contribution in [-0.2, 0) is 0 Å². The van der Waals surface area contributed by atoms with Gasteiger partial charge in [-0.2, -0.15) is 5.10 Å². The molecule has 1 amide bonds. The third-order valence-corrected chi connectivity index (χ3v) is 6.35. The first-order chi connectivity index (χ1) is 12.1. The van der Waals surface area contributed by atoms with Gasteiger partial charge in [-0.25, -0.2) is 4.68 Å². The van der Waals surface area contributed by atoms with E-state index in [1.807, 2.05) is 46.8 Å². The average molecular weight is 418 g/mol. The second kappa shape index (κ2) is 6.92. The number of hydrogen-bond acceptors (Lipinski definition) is 3. The molecule has 4 rings (SSSR count). The van der Waals surface area contributed by atoms with Crippen LogP contribution in [-0.4, -0.2) is 33.7 Å². The summed E-state index contributed by atoms with van der Waals surface area (Å²) in [7, 11) is 0. The summed E-state index contributed by atoms with van der Waals surface area (Å²) in [5.74, 6) is 0.171. The van der Waals surface area contributed by atoms with Gasteiger partial charge < -0.3 is 4.90 Å². The van der Waals surface area contributed by atoms with Crippen LogP contribution < -0.4 is 0 Å². The molecule has 0 N–H and O–H groups in total. The summed E-state index contributed by atoms with van der Waals surface area (Å²) in [5, 5.41) is 5.74. The van der Waals surface area contributed by atoms with E-state index in [1.165, 1.54) is 12.8 Å². The quantitative estimate of drug-likeness (QED) is 0.576. The fraction of sp³-hybridized carbons (Fsp3) is 0.368. The minimum absolute atomic E-state index is 0.171. The number of thiophene rings is 1. The lowest BCUT2D eigenvalue weighted by atomic mass is 10.2. The Labute approximate surface area is 159 Å². The fourth-order valence-corrected chi connectivity index (χ4v) is 4.75. The highest BCUT2D eigenvalue weighted by Gasteiger charge is 2.22. The number of aromatic nitrogens is 2. The number of rotatable bonds is 2. The molecule has 1 aliphatic heterocycles. The maximum atomic E-state index is 12.9. The highest BCUT2D eigenvalue weighted by Crippen LogP contribution is 2.31. The molecule has 3 heterocycles. The summed E-state index contributed by atoms with van der Waals surface area (Å²) in [6, 6.07) is 10.1. The lowest BCUT2D eigenvalue weighted by molar-refractivity contribution is 0.0766. The summed E-state index contributed by atoms with van der Waals surface area (Å²) in [5.41, 5.74) is 1.97. The molecular weight excluding hydrogens is 398 g/mol. The third-order valence-electron chi connectivity index (χ3n) is 4.72. The number of aryl methyl sites for hydroxylation is 1. The number of fused-ring (bicyclic) bond motifs is 1. The van der Waals surface area contributed by atoms with Crippen molar-refractivity contribution in [1.29, 1.82) is 0 Å². The van der Waals surface area contributed by atoms with Gasteiger partial charge in [0.15, 0.2) is 0 Å². The number of carbonyl (C=O) groups excluding carboxylic acids is 1. The van der Waals surface area contributed by atoms with Gasteiger partial charge in [0.05, 0.1) is 16.3 Å². The lowest BCUT2D eigenvalue weighted by Crippen LogP contribution is -2.31. The van der Waals surface area contributed by atoms with Crippen LogP contribution >= 0.6 is 27.3 Å². The minimum atomic E-state index is 0.171. The van der Waals surface area contributed by atoms with Crippen molar-refractivity contribution in [3.05, 3.63) is 45.4 Å². The first kappa shape index (κ1) is 16.8. The van der Waals surface area contributed by atoms with Crippen molar-refractivity contribution in [2.75, 3.05) is 13.1 Å². The van der Waals surface area contributed by atoms with Crippen molar-refractivity contribution in [2.45, 2.75) is 32.6 Å². The van der Waals surface area contributed by atoms with Gasteiger partial charge in [0.25, 0.3) is 5.91 Å². The summed E-state index contributed by atoms with van der Waals surface area (Å²) in [6.45, 7) is 3.76. The predicted octanol–water partition coefficient (Wildman–Crippen LogP) is 5.17. The van der Waals surface area contributed by atoms with E-state index in [4.69, 9.17) is 0 Å². The first-order valence-corrected chi connectivity index (χ1v) is 10.3. The van der Waals surface area contributed by atoms with E-state index in [2.05, 4.69) is 21.0 Å². The molecule has 1 fully saturated rings. The molecule has 6 heteroatoms. The van der Waals surface area contributed by atoms with E-state index in [0.29, 0.717) is 0 Å². The Kier molecular flexibility index (Phi) is 4.65. The first-order valence-electron chi connectivity index (χ1n) is 8.68. The maximum Gasteiger partial charge on any atom is 0.264 e. The van der Waals surface area contributed by atoms with Crippen LogP contribution in [0.1, 0.15) is 41.0 Å². The van der Waals surface area contributed by atoms with Gasteiger partial charge >= 0.3 is 0 Å². The third kappa shape index (κ3) is 3.25. The monoisotopic (exact) mass is 417 g/mol. The van der Waals surface area contributed by atoms with E-state index in [1.54, 1.807) is 11.3 Å². The molecule has 1 saturated heterocycles. The SMILES string of the molecule is Cc1nn(-c2ccc(Br)cc2)c2sc(C(=O)N3CCCCCC3)cc12. The van der Waals surface area contributed by atoms with Crippen LogP contribution in [0.25, 0.3) is 15.9 Å². The van der Waals surface area contributed by atoms with Gasteiger partial charge in [-0.3, -0.25) is 4.79 Å². The summed E-state index contributed by atoms with van der Waals surface area (Å²) in [4.78, 5) is 16.8. The van der Waals surface area contributed by atoms with Gasteiger partial charge in [0.2, 0.25) is 0 Å². The fourth-order valence-electron chi connectivity index (χ4n) is 3.34. The van der Waals surface area contributed by atoms with Crippen molar-refractivity contribution in [3.63, 3.8) is 0 Å². The average Bonchev–Trinajstić information content (AvgIpc) is 3.04. The van der Waals surface area contributed by atoms with Crippen molar-refractivity contribution in [3.8, 4) is 5.69 Å². The number of benzene rings is 1. The normalized spacial score (nSPS) is 15.5. The number of nitrogens with zero attached hydrogens (tertiary/aromatic N) is 3. The van der Waals surface area contributed by atoms with Gasteiger partial charge in [-0.05, 0) is 50.1 Å². The molecule has 0 bridgehead atoms. The van der Waals surface area contributed by atoms with Crippen LogP contribution in [0.3, 0.4) is 0 Å². The smallest absolute Gasteiger partial charge is 0.264 e. The molecule has 3 aromatic rings. The van der Waals surface area contributed by atoms with E-state index < -0.39 is 0 Å². The topological polar surface area (TPSA) is 38.1 Å². The number of carbonyl (C=O) groups is 1. The molecule has 1 aliphatic rings. The van der Waals surface area contributed by atoms with Crippen molar-refractivity contribution in [2.24, 2.45) is 0 Å². The standard InChI is InChI=1S/C19H20BrN3OS/c1-13-16-12-17(18(24)22-10-4-2-3-5-11-22)25-19(16)23(21-13)15-8-6-14(20)7-9-15/h6-9,12H,2-5,10-11H2,1H3. The Bertz CT molecular complexity index is 905. The second-order valence-electron chi connectivity index (χ2n) is 6.51. The Balaban J connectivity index is 1.71. The van der Waals surface area contributed by atoms with Crippen LogP contribution in [0.5, 0.6) is 0 Å². The highest BCUT2D eigenvalue weighted by atomic mass is 79.9. The Morgan fingerprint density at radius 2 is 1.80 bits per heavy atom. The Morgan fingerprint density at radius 1 is 1.12 bits per heavy atom. The Morgan fingerprint density at radius 3 is 2.48 bits per heavy atom. The second-order valence-corrected chi connectivity index (χ2v) is 8.46. The molecule has 25 heavy (non-hydrogen) atoms. The minimum Gasteiger partial charge on any atom is -0.338 e. The van der Waals surface area contributed by atoms with Crippen LogP contribution in [0.2, 0.25) is 0 Å². The summed E-state index contributed by atoms with van der Waals surface area (Å²) >= 11 is 5.02. The zero-order valence-electron chi connectivity index (χ0n) is 14.2. The summed E-state index contributed by atoms with van der Waals surface area (Å²) < 4.78 is 2.99. The maximum absolute atomic E-state index is 12.9. The van der Waals surface area contributed by atoms with Crippen molar-refractivity contribution < 1.29 is 4.79 Å². The zero-order valence-corrected chi connectivity index (χ0v) is 16.6. The van der Waals surface area contributed by atoms with E-state index in [-0.39, 0.29) is 5.91 Å². The highest BCUT2D eigenvalue weighted by molar-refractivity contribution is 9.10. The Hall–Kier alpha value is -1.66. The molecule has 0 radical (unpaired) electrons. The number of hydrogen-bond donors (Lipinski definition) is 0. The molecule has 130 valence electrons. The largest absolute Gasteiger partial charge is 0.338 e. The van der Waals surface area contributed by atoms with Crippen LogP contribution in [0.15, 0.2) is 34.8 Å².